The second kappa shape index (κ2) is 8.16. The highest BCUT2D eigenvalue weighted by molar-refractivity contribution is 5.87. The Hall–Kier alpha value is -1.39. The molecule has 4 rings (SSSR count). The van der Waals surface area contributed by atoms with E-state index in [9.17, 15) is 9.90 Å². The van der Waals surface area contributed by atoms with E-state index in [0.717, 1.165) is 50.3 Å². The lowest BCUT2D eigenvalue weighted by atomic mass is 9.79. The quantitative estimate of drug-likeness (QED) is 0.721. The van der Waals surface area contributed by atoms with Crippen LogP contribution in [0.15, 0.2) is 30.3 Å². The molecule has 4 atom stereocenters. The Morgan fingerprint density at radius 1 is 1.18 bits per heavy atom. The molecule has 2 N–H and O–H groups in total. The van der Waals surface area contributed by atoms with Crippen LogP contribution in [0.5, 0.6) is 0 Å². The number of nitrogens with zero attached hydrogens (tertiary/aromatic N) is 1. The maximum Gasteiger partial charge on any atom is 0.257 e. The minimum absolute atomic E-state index is 0.0287. The molecule has 4 heteroatoms. The van der Waals surface area contributed by atoms with Gasteiger partial charge in [0.2, 0.25) is 0 Å². The van der Waals surface area contributed by atoms with Crippen molar-refractivity contribution in [3.8, 4) is 0 Å². The summed E-state index contributed by atoms with van der Waals surface area (Å²) in [5.41, 5.74) is -0.633. The van der Waals surface area contributed by atoms with Crippen LogP contribution < -0.4 is 5.32 Å². The predicted molar refractivity (Wildman–Crippen MR) is 112 cm³/mol. The molecule has 2 aliphatic carbocycles. The second-order valence-corrected chi connectivity index (χ2v) is 9.74. The largest absolute Gasteiger partial charge is 0.375 e. The summed E-state index contributed by atoms with van der Waals surface area (Å²) in [5, 5.41) is 14.8. The lowest BCUT2D eigenvalue weighted by Gasteiger charge is -2.33. The summed E-state index contributed by atoms with van der Waals surface area (Å²) >= 11 is 0. The highest BCUT2D eigenvalue weighted by Gasteiger charge is 2.58. The van der Waals surface area contributed by atoms with Crippen molar-refractivity contribution in [2.24, 2.45) is 23.7 Å². The summed E-state index contributed by atoms with van der Waals surface area (Å²) in [6.45, 7) is 7.94. The molecular formula is C24H36N2O2. The van der Waals surface area contributed by atoms with Crippen LogP contribution in [0.3, 0.4) is 0 Å². The number of carbonyl (C=O) groups is 1. The zero-order chi connectivity index (χ0) is 19.7. The van der Waals surface area contributed by atoms with Crippen LogP contribution in [-0.4, -0.2) is 41.6 Å². The van der Waals surface area contributed by atoms with Crippen molar-refractivity contribution in [1.82, 2.24) is 10.2 Å². The number of hydrogen-bond acceptors (Lipinski definition) is 3. The predicted octanol–water partition coefficient (Wildman–Crippen LogP) is 3.55. The fourth-order valence-electron chi connectivity index (χ4n) is 5.58. The molecule has 1 aliphatic heterocycles. The van der Waals surface area contributed by atoms with Gasteiger partial charge in [0.05, 0.1) is 0 Å². The number of rotatable bonds is 8. The molecule has 3 aliphatic rings. The van der Waals surface area contributed by atoms with E-state index in [-0.39, 0.29) is 17.9 Å². The van der Waals surface area contributed by atoms with Crippen LogP contribution in [0.1, 0.15) is 57.9 Å². The Labute approximate surface area is 169 Å². The van der Waals surface area contributed by atoms with Gasteiger partial charge in [0.15, 0.2) is 5.60 Å². The summed E-state index contributed by atoms with van der Waals surface area (Å²) in [6.07, 6.45) is 6.63. The van der Waals surface area contributed by atoms with Crippen molar-refractivity contribution < 1.29 is 9.90 Å². The van der Waals surface area contributed by atoms with Crippen molar-refractivity contribution in [3.05, 3.63) is 35.9 Å². The normalized spacial score (nSPS) is 29.6. The number of carbonyl (C=O) groups excluding carboxylic acids is 1. The lowest BCUT2D eigenvalue weighted by molar-refractivity contribution is -0.147. The third-order valence-corrected chi connectivity index (χ3v) is 7.33. The molecule has 1 heterocycles. The number of nitrogens with one attached hydrogen (secondary N) is 1. The van der Waals surface area contributed by atoms with Gasteiger partial charge in [0.25, 0.3) is 5.91 Å². The van der Waals surface area contributed by atoms with Crippen LogP contribution >= 0.6 is 0 Å². The van der Waals surface area contributed by atoms with Gasteiger partial charge in [-0.25, -0.2) is 0 Å². The number of likely N-dealkylation sites (tertiary alicyclic amines) is 1. The molecule has 1 saturated heterocycles. The fraction of sp³-hybridized carbons (Fsp3) is 0.708. The first kappa shape index (κ1) is 19.9. The standard InChI is InChI=1S/C24H36N2O2/c1-17(2)9-8-14-26-15-20-21(16-26)22(20)25-23(27)24(28,19-12-6-7-13-19)18-10-4-3-5-11-18/h3-5,10-11,17,19-22,28H,6-9,12-16H2,1-2H3,(H,25,27)/t20-,21+,22?,24?. The second-order valence-electron chi connectivity index (χ2n) is 9.74. The van der Waals surface area contributed by atoms with E-state index in [0.29, 0.717) is 11.8 Å². The SMILES string of the molecule is CC(C)CCCN1C[C@@H]2C(NC(=O)C(O)(c3ccccc3)C3CCCC3)[C@@H]2C1. The molecule has 2 saturated carbocycles. The van der Waals surface area contributed by atoms with E-state index >= 15 is 0 Å². The lowest BCUT2D eigenvalue weighted by Crippen LogP contribution is -2.51. The van der Waals surface area contributed by atoms with Gasteiger partial charge in [0, 0.05) is 25.0 Å². The molecule has 4 nitrogen and oxygen atoms in total. The van der Waals surface area contributed by atoms with Crippen molar-refractivity contribution in [2.75, 3.05) is 19.6 Å². The number of benzene rings is 1. The molecule has 1 aromatic rings. The minimum atomic E-state index is -1.38. The summed E-state index contributed by atoms with van der Waals surface area (Å²) in [7, 11) is 0. The van der Waals surface area contributed by atoms with E-state index in [1.165, 1.54) is 19.4 Å². The van der Waals surface area contributed by atoms with Gasteiger partial charge in [0.1, 0.15) is 0 Å². The van der Waals surface area contributed by atoms with E-state index in [1.807, 2.05) is 30.3 Å². The maximum absolute atomic E-state index is 13.3. The van der Waals surface area contributed by atoms with Gasteiger partial charge in [-0.3, -0.25) is 4.79 Å². The van der Waals surface area contributed by atoms with Gasteiger partial charge in [-0.15, -0.1) is 0 Å². The Balaban J connectivity index is 1.36. The van der Waals surface area contributed by atoms with E-state index in [2.05, 4.69) is 24.1 Å². The van der Waals surface area contributed by atoms with E-state index < -0.39 is 5.60 Å². The number of amides is 1. The molecule has 1 aromatic carbocycles. The third-order valence-electron chi connectivity index (χ3n) is 7.33. The molecule has 1 amide bonds. The first-order valence-corrected chi connectivity index (χ1v) is 11.3. The van der Waals surface area contributed by atoms with Gasteiger partial charge < -0.3 is 15.3 Å². The molecule has 28 heavy (non-hydrogen) atoms. The Bertz CT molecular complexity index is 658. The molecule has 3 fully saturated rings. The molecule has 0 spiro atoms. The topological polar surface area (TPSA) is 52.6 Å². The zero-order valence-corrected chi connectivity index (χ0v) is 17.4. The smallest absolute Gasteiger partial charge is 0.257 e. The van der Waals surface area contributed by atoms with Crippen molar-refractivity contribution >= 4 is 5.91 Å². The van der Waals surface area contributed by atoms with Gasteiger partial charge in [-0.05, 0) is 55.5 Å². The highest BCUT2D eigenvalue weighted by atomic mass is 16.3. The van der Waals surface area contributed by atoms with Crippen molar-refractivity contribution in [2.45, 2.75) is 64.0 Å². The number of hydrogen-bond donors (Lipinski definition) is 2. The van der Waals surface area contributed by atoms with Crippen LogP contribution in [0.25, 0.3) is 0 Å². The molecule has 2 unspecified atom stereocenters. The summed E-state index contributed by atoms with van der Waals surface area (Å²) in [6, 6.07) is 9.85. The first-order valence-electron chi connectivity index (χ1n) is 11.3. The zero-order valence-electron chi connectivity index (χ0n) is 17.4. The molecule has 154 valence electrons. The Kier molecular flexibility index (Phi) is 5.80. The van der Waals surface area contributed by atoms with Crippen LogP contribution in [0.2, 0.25) is 0 Å². The van der Waals surface area contributed by atoms with Crippen LogP contribution in [0, 0.1) is 23.7 Å². The fourth-order valence-corrected chi connectivity index (χ4v) is 5.58. The first-order chi connectivity index (χ1) is 13.5. The monoisotopic (exact) mass is 384 g/mol. The summed E-state index contributed by atoms with van der Waals surface area (Å²) in [4.78, 5) is 15.8. The van der Waals surface area contributed by atoms with E-state index in [4.69, 9.17) is 0 Å². The Morgan fingerprint density at radius 2 is 1.82 bits per heavy atom. The molecule has 0 radical (unpaired) electrons. The minimum Gasteiger partial charge on any atom is -0.375 e. The van der Waals surface area contributed by atoms with Gasteiger partial charge in [-0.1, -0.05) is 57.0 Å². The van der Waals surface area contributed by atoms with Crippen LogP contribution in [0.4, 0.5) is 0 Å². The molecule has 0 aromatic heterocycles. The third kappa shape index (κ3) is 3.86. The molecule has 0 bridgehead atoms. The highest BCUT2D eigenvalue weighted by Crippen LogP contribution is 2.47. The van der Waals surface area contributed by atoms with E-state index in [1.54, 1.807) is 0 Å². The number of piperidine rings is 1. The molecular weight excluding hydrogens is 348 g/mol. The average molecular weight is 385 g/mol. The van der Waals surface area contributed by atoms with Crippen molar-refractivity contribution in [1.29, 1.82) is 0 Å². The number of aliphatic hydroxyl groups is 1. The summed E-state index contributed by atoms with van der Waals surface area (Å²) in [5.74, 6) is 1.78. The van der Waals surface area contributed by atoms with Crippen molar-refractivity contribution in [3.63, 3.8) is 0 Å². The summed E-state index contributed by atoms with van der Waals surface area (Å²) < 4.78 is 0. The van der Waals surface area contributed by atoms with Crippen LogP contribution in [-0.2, 0) is 10.4 Å². The number of fused-ring (bicyclic) bond motifs is 1. The Morgan fingerprint density at radius 3 is 2.43 bits per heavy atom. The van der Waals surface area contributed by atoms with Gasteiger partial charge >= 0.3 is 0 Å². The van der Waals surface area contributed by atoms with Gasteiger partial charge in [-0.2, -0.15) is 0 Å². The average Bonchev–Trinajstić information content (AvgIpc) is 3.11. The maximum atomic E-state index is 13.3.